The third kappa shape index (κ3) is 5.28. The van der Waals surface area contributed by atoms with Crippen LogP contribution in [0.3, 0.4) is 0 Å². The Morgan fingerprint density at radius 1 is 0.864 bits per heavy atom. The summed E-state index contributed by atoms with van der Waals surface area (Å²) in [6.07, 6.45) is 3.11. The van der Waals surface area contributed by atoms with Crippen LogP contribution in [0.4, 0.5) is 0 Å². The molecule has 0 radical (unpaired) electrons. The maximum Gasteiger partial charge on any atom is 0.309 e. The van der Waals surface area contributed by atoms with Gasteiger partial charge in [0.15, 0.2) is 0 Å². The molecule has 22 heavy (non-hydrogen) atoms. The van der Waals surface area contributed by atoms with Gasteiger partial charge in [0.25, 0.3) is 0 Å². The second kappa shape index (κ2) is 7.08. The van der Waals surface area contributed by atoms with Gasteiger partial charge < -0.3 is 5.11 Å². The summed E-state index contributed by atoms with van der Waals surface area (Å²) in [7, 11) is 0. The van der Waals surface area contributed by atoms with Crippen LogP contribution in [-0.2, 0) is 22.4 Å². The van der Waals surface area contributed by atoms with Crippen LogP contribution < -0.4 is 0 Å². The van der Waals surface area contributed by atoms with E-state index in [1.165, 1.54) is 5.56 Å². The van der Waals surface area contributed by atoms with E-state index >= 15 is 0 Å². The Morgan fingerprint density at radius 3 is 1.55 bits per heavy atom. The van der Waals surface area contributed by atoms with E-state index in [-0.39, 0.29) is 11.2 Å². The highest BCUT2D eigenvalue weighted by Gasteiger charge is 2.26. The molecule has 122 valence electrons. The maximum atomic E-state index is 11.5. The first-order valence-electron chi connectivity index (χ1n) is 7.87. The summed E-state index contributed by atoms with van der Waals surface area (Å²) < 4.78 is 0. The molecule has 1 rings (SSSR count). The molecule has 0 saturated carbocycles. The fourth-order valence-corrected chi connectivity index (χ4v) is 2.07. The average molecular weight is 304 g/mol. The molecule has 0 aliphatic carbocycles. The Morgan fingerprint density at radius 2 is 1.23 bits per heavy atom. The van der Waals surface area contributed by atoms with Gasteiger partial charge in [-0.2, -0.15) is 0 Å². The minimum atomic E-state index is -0.754. The number of rotatable bonds is 8. The lowest BCUT2D eigenvalue weighted by atomic mass is 9.82. The van der Waals surface area contributed by atoms with E-state index in [0.29, 0.717) is 6.42 Å². The summed E-state index contributed by atoms with van der Waals surface area (Å²) in [5.41, 5.74) is 1.41. The quantitative estimate of drug-likeness (QED) is 0.780. The molecule has 0 unspecified atom stereocenters. The SMILES string of the molecule is CC(=O)C(C)(C)CCc1ccc(CCC(C)(C)C(=O)O)cc1. The number of aliphatic carboxylic acids is 1. The van der Waals surface area contributed by atoms with Crippen molar-refractivity contribution in [3.8, 4) is 0 Å². The number of carboxylic acid groups (broad SMARTS) is 1. The zero-order valence-electron chi connectivity index (χ0n) is 14.4. The summed E-state index contributed by atoms with van der Waals surface area (Å²) in [5.74, 6) is -0.532. The summed E-state index contributed by atoms with van der Waals surface area (Å²) in [6, 6.07) is 8.29. The van der Waals surface area contributed by atoms with Crippen molar-refractivity contribution in [3.05, 3.63) is 35.4 Å². The van der Waals surface area contributed by atoms with Crippen LogP contribution >= 0.6 is 0 Å². The Kier molecular flexibility index (Phi) is 5.92. The number of ketones is 1. The van der Waals surface area contributed by atoms with Gasteiger partial charge in [-0.3, -0.25) is 9.59 Å². The third-order valence-electron chi connectivity index (χ3n) is 4.63. The average Bonchev–Trinajstić information content (AvgIpc) is 2.44. The maximum absolute atomic E-state index is 11.5. The highest BCUT2D eigenvalue weighted by Crippen LogP contribution is 2.25. The van der Waals surface area contributed by atoms with E-state index < -0.39 is 11.4 Å². The molecule has 0 aliphatic rings. The molecule has 3 nitrogen and oxygen atoms in total. The van der Waals surface area contributed by atoms with Gasteiger partial charge in [0, 0.05) is 5.41 Å². The van der Waals surface area contributed by atoms with Gasteiger partial charge in [0.05, 0.1) is 5.41 Å². The van der Waals surface area contributed by atoms with E-state index in [9.17, 15) is 9.59 Å². The smallest absolute Gasteiger partial charge is 0.309 e. The number of carbonyl (C=O) groups excluding carboxylic acids is 1. The molecule has 0 spiro atoms. The summed E-state index contributed by atoms with van der Waals surface area (Å²) in [6.45, 7) is 9.13. The van der Waals surface area contributed by atoms with E-state index in [1.807, 2.05) is 13.8 Å². The fraction of sp³-hybridized carbons (Fsp3) is 0.579. The molecule has 0 aliphatic heterocycles. The van der Waals surface area contributed by atoms with Crippen LogP contribution in [0.1, 0.15) is 58.6 Å². The Balaban J connectivity index is 2.57. The second-order valence-electron chi connectivity index (χ2n) is 7.45. The lowest BCUT2D eigenvalue weighted by molar-refractivity contribution is -0.147. The number of carboxylic acids is 1. The fourth-order valence-electron chi connectivity index (χ4n) is 2.07. The monoisotopic (exact) mass is 304 g/mol. The van der Waals surface area contributed by atoms with Gasteiger partial charge in [-0.1, -0.05) is 38.1 Å². The molecule has 0 amide bonds. The highest BCUT2D eigenvalue weighted by atomic mass is 16.4. The van der Waals surface area contributed by atoms with Crippen molar-refractivity contribution in [2.75, 3.05) is 0 Å². The number of benzene rings is 1. The lowest BCUT2D eigenvalue weighted by Gasteiger charge is -2.21. The van der Waals surface area contributed by atoms with Crippen LogP contribution in [0.2, 0.25) is 0 Å². The van der Waals surface area contributed by atoms with Crippen molar-refractivity contribution < 1.29 is 14.7 Å². The van der Waals surface area contributed by atoms with Crippen LogP contribution in [0.25, 0.3) is 0 Å². The number of Topliss-reactive ketones (excluding diaryl/α,β-unsaturated/α-hetero) is 1. The minimum absolute atomic E-state index is 0.222. The summed E-state index contributed by atoms with van der Waals surface area (Å²) in [4.78, 5) is 22.6. The third-order valence-corrected chi connectivity index (χ3v) is 4.63. The molecule has 1 aromatic carbocycles. The lowest BCUT2D eigenvalue weighted by Crippen LogP contribution is -2.24. The normalized spacial score (nSPS) is 12.2. The first-order valence-corrected chi connectivity index (χ1v) is 7.87. The van der Waals surface area contributed by atoms with E-state index in [0.717, 1.165) is 24.8 Å². The van der Waals surface area contributed by atoms with Gasteiger partial charge in [-0.25, -0.2) is 0 Å². The van der Waals surface area contributed by atoms with Crippen molar-refractivity contribution in [2.45, 2.75) is 60.3 Å². The largest absolute Gasteiger partial charge is 0.481 e. The van der Waals surface area contributed by atoms with Gasteiger partial charge >= 0.3 is 5.97 Å². The Bertz CT molecular complexity index is 475. The van der Waals surface area contributed by atoms with Crippen LogP contribution in [0.15, 0.2) is 24.3 Å². The predicted molar refractivity (Wildman–Crippen MR) is 89.0 cm³/mol. The minimum Gasteiger partial charge on any atom is -0.481 e. The van der Waals surface area contributed by atoms with Crippen molar-refractivity contribution in [1.82, 2.24) is 0 Å². The first kappa shape index (κ1) is 18.4. The molecular weight excluding hydrogens is 276 g/mol. The summed E-state index contributed by atoms with van der Waals surface area (Å²) in [5, 5.41) is 9.13. The Labute approximate surface area is 133 Å². The van der Waals surface area contributed by atoms with Gasteiger partial charge in [-0.15, -0.1) is 0 Å². The molecule has 1 aromatic rings. The van der Waals surface area contributed by atoms with Gasteiger partial charge in [0.2, 0.25) is 0 Å². The predicted octanol–water partition coefficient (Wildman–Crippen LogP) is 4.28. The number of hydrogen-bond donors (Lipinski definition) is 1. The van der Waals surface area contributed by atoms with E-state index in [2.05, 4.69) is 24.3 Å². The van der Waals surface area contributed by atoms with Crippen LogP contribution in [0.5, 0.6) is 0 Å². The number of carbonyl (C=O) groups is 2. The van der Waals surface area contributed by atoms with Crippen molar-refractivity contribution in [3.63, 3.8) is 0 Å². The molecule has 0 heterocycles. The van der Waals surface area contributed by atoms with Crippen LogP contribution in [0, 0.1) is 10.8 Å². The summed E-state index contributed by atoms with van der Waals surface area (Å²) >= 11 is 0. The van der Waals surface area contributed by atoms with Crippen molar-refractivity contribution >= 4 is 11.8 Å². The number of hydrogen-bond acceptors (Lipinski definition) is 2. The molecule has 3 heteroatoms. The molecule has 0 fully saturated rings. The Hall–Kier alpha value is -1.64. The van der Waals surface area contributed by atoms with E-state index in [1.54, 1.807) is 20.8 Å². The second-order valence-corrected chi connectivity index (χ2v) is 7.45. The zero-order chi connectivity index (χ0) is 17.0. The number of aryl methyl sites for hydroxylation is 2. The molecular formula is C19H28O3. The molecule has 1 N–H and O–H groups in total. The van der Waals surface area contributed by atoms with Crippen LogP contribution in [-0.4, -0.2) is 16.9 Å². The molecule has 0 saturated heterocycles. The van der Waals surface area contributed by atoms with Crippen molar-refractivity contribution in [2.24, 2.45) is 10.8 Å². The van der Waals surface area contributed by atoms with E-state index in [4.69, 9.17) is 5.11 Å². The molecule has 0 atom stereocenters. The molecule has 0 aromatic heterocycles. The van der Waals surface area contributed by atoms with Crippen molar-refractivity contribution in [1.29, 1.82) is 0 Å². The molecule has 0 bridgehead atoms. The van der Waals surface area contributed by atoms with Gasteiger partial charge in [0.1, 0.15) is 5.78 Å². The topological polar surface area (TPSA) is 54.4 Å². The van der Waals surface area contributed by atoms with Gasteiger partial charge in [-0.05, 0) is 57.6 Å². The first-order chi connectivity index (χ1) is 10.0. The zero-order valence-corrected chi connectivity index (χ0v) is 14.4. The standard InChI is InChI=1S/C19H28O3/c1-14(20)18(2,3)12-10-15-6-8-16(9-7-15)11-13-19(4,5)17(21)22/h6-9H,10-13H2,1-5H3,(H,21,22). The highest BCUT2D eigenvalue weighted by molar-refractivity contribution is 5.81.